The summed E-state index contributed by atoms with van der Waals surface area (Å²) in [7, 11) is 0. The first kappa shape index (κ1) is 12.9. The van der Waals surface area contributed by atoms with Crippen LogP contribution in [0.5, 0.6) is 0 Å². The Bertz CT molecular complexity index is 598. The Morgan fingerprint density at radius 1 is 1.33 bits per heavy atom. The van der Waals surface area contributed by atoms with Crippen molar-refractivity contribution in [2.75, 3.05) is 0 Å². The Balaban J connectivity index is 2.22. The van der Waals surface area contributed by atoms with Gasteiger partial charge in [-0.1, -0.05) is 6.07 Å². The molecule has 1 aromatic carbocycles. The van der Waals surface area contributed by atoms with E-state index in [1.54, 1.807) is 31.5 Å². The SMILES string of the molecule is Cc1ccc(C(=O)Cc2cncc(Br)c2)c(F)c1. The Labute approximate surface area is 113 Å². The van der Waals surface area contributed by atoms with E-state index < -0.39 is 5.82 Å². The van der Waals surface area contributed by atoms with Crippen LogP contribution < -0.4 is 0 Å². The van der Waals surface area contributed by atoms with E-state index >= 15 is 0 Å². The lowest BCUT2D eigenvalue weighted by Crippen LogP contribution is -2.06. The van der Waals surface area contributed by atoms with Crippen LogP contribution in [0.1, 0.15) is 21.5 Å². The molecule has 0 aliphatic carbocycles. The summed E-state index contributed by atoms with van der Waals surface area (Å²) in [6.07, 6.45) is 3.39. The van der Waals surface area contributed by atoms with Gasteiger partial charge in [-0.3, -0.25) is 9.78 Å². The third kappa shape index (κ3) is 3.01. The number of aryl methyl sites for hydroxylation is 1. The highest BCUT2D eigenvalue weighted by atomic mass is 79.9. The molecule has 2 nitrogen and oxygen atoms in total. The molecule has 18 heavy (non-hydrogen) atoms. The molecule has 0 radical (unpaired) electrons. The summed E-state index contributed by atoms with van der Waals surface area (Å²) in [6.45, 7) is 1.79. The van der Waals surface area contributed by atoms with Gasteiger partial charge in [0.15, 0.2) is 5.78 Å². The molecule has 1 aromatic heterocycles. The minimum Gasteiger partial charge on any atom is -0.294 e. The van der Waals surface area contributed by atoms with E-state index in [4.69, 9.17) is 0 Å². The van der Waals surface area contributed by atoms with Crippen molar-refractivity contribution in [2.24, 2.45) is 0 Å². The number of hydrogen-bond donors (Lipinski definition) is 0. The zero-order chi connectivity index (χ0) is 13.1. The molecule has 2 aromatic rings. The molecule has 0 saturated carbocycles. The normalized spacial score (nSPS) is 10.4. The molecule has 0 aliphatic heterocycles. The van der Waals surface area contributed by atoms with Gasteiger partial charge < -0.3 is 0 Å². The van der Waals surface area contributed by atoms with Gasteiger partial charge in [0.1, 0.15) is 5.82 Å². The largest absolute Gasteiger partial charge is 0.294 e. The molecule has 92 valence electrons. The van der Waals surface area contributed by atoms with Crippen molar-refractivity contribution in [1.82, 2.24) is 4.98 Å². The first-order valence-corrected chi connectivity index (χ1v) is 6.24. The number of carbonyl (C=O) groups excluding carboxylic acids is 1. The van der Waals surface area contributed by atoms with Gasteiger partial charge in [0.05, 0.1) is 5.56 Å². The molecule has 1 heterocycles. The molecule has 0 fully saturated rings. The Morgan fingerprint density at radius 2 is 2.11 bits per heavy atom. The summed E-state index contributed by atoms with van der Waals surface area (Å²) in [5.74, 6) is -0.713. The second-order valence-electron chi connectivity index (χ2n) is 4.09. The number of benzene rings is 1. The van der Waals surface area contributed by atoms with Crippen molar-refractivity contribution < 1.29 is 9.18 Å². The van der Waals surface area contributed by atoms with Gasteiger partial charge in [-0.05, 0) is 52.2 Å². The van der Waals surface area contributed by atoms with E-state index in [0.717, 1.165) is 15.6 Å². The molecule has 0 saturated heterocycles. The number of Topliss-reactive ketones (excluding diaryl/α,β-unsaturated/α-hetero) is 1. The standard InChI is InChI=1S/C14H11BrFNO/c1-9-2-3-12(13(16)4-9)14(18)6-10-5-11(15)8-17-7-10/h2-5,7-8H,6H2,1H3. The van der Waals surface area contributed by atoms with Gasteiger partial charge in [-0.15, -0.1) is 0 Å². The molecule has 0 spiro atoms. The average molecular weight is 308 g/mol. The molecule has 0 atom stereocenters. The maximum Gasteiger partial charge on any atom is 0.170 e. The highest BCUT2D eigenvalue weighted by molar-refractivity contribution is 9.10. The van der Waals surface area contributed by atoms with Crippen LogP contribution in [-0.4, -0.2) is 10.8 Å². The minimum atomic E-state index is -0.469. The van der Waals surface area contributed by atoms with E-state index in [-0.39, 0.29) is 17.8 Å². The van der Waals surface area contributed by atoms with Gasteiger partial charge in [-0.25, -0.2) is 4.39 Å². The highest BCUT2D eigenvalue weighted by Crippen LogP contribution is 2.15. The molecule has 0 aliphatic rings. The van der Waals surface area contributed by atoms with Crippen molar-refractivity contribution in [3.63, 3.8) is 0 Å². The van der Waals surface area contributed by atoms with Crippen LogP contribution in [0.2, 0.25) is 0 Å². The molecule has 0 bridgehead atoms. The van der Waals surface area contributed by atoms with Crippen LogP contribution >= 0.6 is 15.9 Å². The fraction of sp³-hybridized carbons (Fsp3) is 0.143. The molecular formula is C14H11BrFNO. The highest BCUT2D eigenvalue weighted by Gasteiger charge is 2.12. The predicted molar refractivity (Wildman–Crippen MR) is 71.1 cm³/mol. The molecule has 2 rings (SSSR count). The van der Waals surface area contributed by atoms with E-state index in [1.807, 2.05) is 0 Å². The molecule has 0 N–H and O–H groups in total. The van der Waals surface area contributed by atoms with Crippen LogP contribution in [0.15, 0.2) is 41.1 Å². The Hall–Kier alpha value is -1.55. The van der Waals surface area contributed by atoms with E-state index in [2.05, 4.69) is 20.9 Å². The molecule has 0 amide bonds. The summed E-state index contributed by atoms with van der Waals surface area (Å²) in [4.78, 5) is 15.9. The van der Waals surface area contributed by atoms with E-state index in [0.29, 0.717) is 0 Å². The average Bonchev–Trinajstić information content (AvgIpc) is 2.28. The van der Waals surface area contributed by atoms with Crippen LogP contribution in [-0.2, 0) is 6.42 Å². The number of nitrogens with zero attached hydrogens (tertiary/aromatic N) is 1. The number of aromatic nitrogens is 1. The lowest BCUT2D eigenvalue weighted by Gasteiger charge is -2.04. The number of ketones is 1. The van der Waals surface area contributed by atoms with Crippen molar-refractivity contribution in [2.45, 2.75) is 13.3 Å². The van der Waals surface area contributed by atoms with Gasteiger partial charge in [-0.2, -0.15) is 0 Å². The third-order valence-corrected chi connectivity index (χ3v) is 2.98. The number of carbonyl (C=O) groups is 1. The van der Waals surface area contributed by atoms with Gasteiger partial charge in [0.2, 0.25) is 0 Å². The maximum absolute atomic E-state index is 13.6. The van der Waals surface area contributed by atoms with E-state index in [9.17, 15) is 9.18 Å². The van der Waals surface area contributed by atoms with Gasteiger partial charge >= 0.3 is 0 Å². The van der Waals surface area contributed by atoms with Crippen LogP contribution in [0.4, 0.5) is 4.39 Å². The smallest absolute Gasteiger partial charge is 0.170 e. The summed E-state index contributed by atoms with van der Waals surface area (Å²) in [5.41, 5.74) is 1.68. The first-order valence-electron chi connectivity index (χ1n) is 5.45. The van der Waals surface area contributed by atoms with E-state index in [1.165, 1.54) is 12.1 Å². The monoisotopic (exact) mass is 307 g/mol. The van der Waals surface area contributed by atoms with Gasteiger partial charge in [0.25, 0.3) is 0 Å². The van der Waals surface area contributed by atoms with Crippen LogP contribution in [0.25, 0.3) is 0 Å². The fourth-order valence-electron chi connectivity index (χ4n) is 1.68. The number of hydrogen-bond acceptors (Lipinski definition) is 2. The molecule has 4 heteroatoms. The number of rotatable bonds is 3. The second-order valence-corrected chi connectivity index (χ2v) is 5.01. The number of halogens is 2. The summed E-state index contributed by atoms with van der Waals surface area (Å²) in [5, 5.41) is 0. The quantitative estimate of drug-likeness (QED) is 0.809. The third-order valence-electron chi connectivity index (χ3n) is 2.55. The fourth-order valence-corrected chi connectivity index (χ4v) is 2.09. The van der Waals surface area contributed by atoms with Crippen molar-refractivity contribution in [3.05, 3.63) is 63.6 Å². The molecular weight excluding hydrogens is 297 g/mol. The summed E-state index contributed by atoms with van der Waals surface area (Å²) < 4.78 is 14.4. The van der Waals surface area contributed by atoms with Crippen LogP contribution in [0.3, 0.4) is 0 Å². The Morgan fingerprint density at radius 3 is 2.78 bits per heavy atom. The topological polar surface area (TPSA) is 30.0 Å². The minimum absolute atomic E-state index is 0.126. The zero-order valence-corrected chi connectivity index (χ0v) is 11.4. The predicted octanol–water partition coefficient (Wildman–Crippen LogP) is 3.72. The van der Waals surface area contributed by atoms with Crippen molar-refractivity contribution in [1.29, 1.82) is 0 Å². The maximum atomic E-state index is 13.6. The Kier molecular flexibility index (Phi) is 3.87. The number of pyridine rings is 1. The lowest BCUT2D eigenvalue weighted by molar-refractivity contribution is 0.0989. The summed E-state index contributed by atoms with van der Waals surface area (Å²) in [6, 6.07) is 6.43. The van der Waals surface area contributed by atoms with Crippen molar-refractivity contribution in [3.8, 4) is 0 Å². The van der Waals surface area contributed by atoms with Gasteiger partial charge in [0, 0.05) is 23.3 Å². The van der Waals surface area contributed by atoms with Crippen molar-refractivity contribution >= 4 is 21.7 Å². The van der Waals surface area contributed by atoms with Crippen LogP contribution in [0, 0.1) is 12.7 Å². The lowest BCUT2D eigenvalue weighted by atomic mass is 10.0. The zero-order valence-electron chi connectivity index (χ0n) is 9.78. The molecule has 0 unspecified atom stereocenters. The first-order chi connectivity index (χ1) is 8.56. The second kappa shape index (κ2) is 5.40. The summed E-state index contributed by atoms with van der Waals surface area (Å²) >= 11 is 3.28.